The maximum atomic E-state index is 12.8. The summed E-state index contributed by atoms with van der Waals surface area (Å²) in [6, 6.07) is 5.49. The Labute approximate surface area is 162 Å². The molecule has 0 bridgehead atoms. The van der Waals surface area contributed by atoms with Crippen molar-refractivity contribution in [3.8, 4) is 0 Å². The number of ketones is 1. The number of hydrogen-bond acceptors (Lipinski definition) is 7. The highest BCUT2D eigenvalue weighted by Gasteiger charge is 2.48. The Morgan fingerprint density at radius 2 is 2.00 bits per heavy atom. The molecule has 0 radical (unpaired) electrons. The molecular formula is C17H12ClN5O3S. The number of carbonyl (C=O) groups excluding carboxylic acids is 2. The number of aromatic nitrogens is 4. The third kappa shape index (κ3) is 2.90. The summed E-state index contributed by atoms with van der Waals surface area (Å²) in [6.45, 7) is 0. The molecule has 1 aliphatic heterocycles. The van der Waals surface area contributed by atoms with Crippen molar-refractivity contribution in [1.82, 2.24) is 20.0 Å². The lowest BCUT2D eigenvalue weighted by Crippen LogP contribution is -2.29. The Bertz CT molecular complexity index is 1060. The maximum Gasteiger partial charge on any atom is 0.301 e. The van der Waals surface area contributed by atoms with Crippen LogP contribution in [-0.4, -0.2) is 36.8 Å². The van der Waals surface area contributed by atoms with Gasteiger partial charge in [-0.25, -0.2) is 0 Å². The Hall–Kier alpha value is -3.04. The molecule has 3 heterocycles. The number of benzene rings is 1. The summed E-state index contributed by atoms with van der Waals surface area (Å²) in [5.74, 6) is -1.87. The van der Waals surface area contributed by atoms with Crippen LogP contribution in [0.1, 0.15) is 17.2 Å². The molecule has 2 aromatic heterocycles. The third-order valence-electron chi connectivity index (χ3n) is 4.16. The van der Waals surface area contributed by atoms with E-state index in [1.54, 1.807) is 48.4 Å². The second-order valence-corrected chi connectivity index (χ2v) is 7.09. The first-order valence-corrected chi connectivity index (χ1v) is 9.05. The highest BCUT2D eigenvalue weighted by atomic mass is 35.5. The molecule has 10 heteroatoms. The van der Waals surface area contributed by atoms with E-state index in [1.165, 1.54) is 10.4 Å². The fourth-order valence-corrected chi connectivity index (χ4v) is 3.67. The molecule has 0 spiro atoms. The van der Waals surface area contributed by atoms with Crippen LogP contribution in [0, 0.1) is 0 Å². The van der Waals surface area contributed by atoms with Gasteiger partial charge in [0.25, 0.3) is 5.78 Å². The number of anilines is 1. The SMILES string of the molecule is Cn1cc(C2/C(=C(\O)c3ccc(Cl)cc3)C(=O)C(=O)N2c2nncs2)cn1. The highest BCUT2D eigenvalue weighted by Crippen LogP contribution is 2.42. The topological polar surface area (TPSA) is 101 Å². The summed E-state index contributed by atoms with van der Waals surface area (Å²) in [6.07, 6.45) is 3.22. The molecule has 0 aliphatic carbocycles. The molecular weight excluding hydrogens is 390 g/mol. The lowest BCUT2D eigenvalue weighted by atomic mass is 9.97. The van der Waals surface area contributed by atoms with Crippen molar-refractivity contribution in [3.63, 3.8) is 0 Å². The second-order valence-electron chi connectivity index (χ2n) is 5.84. The van der Waals surface area contributed by atoms with E-state index in [4.69, 9.17) is 11.6 Å². The van der Waals surface area contributed by atoms with E-state index in [0.717, 1.165) is 11.3 Å². The lowest BCUT2D eigenvalue weighted by Gasteiger charge is -2.20. The van der Waals surface area contributed by atoms with Crippen molar-refractivity contribution >= 4 is 45.5 Å². The van der Waals surface area contributed by atoms with Crippen LogP contribution in [0.3, 0.4) is 0 Å². The first kappa shape index (κ1) is 17.4. The van der Waals surface area contributed by atoms with Gasteiger partial charge in [0.1, 0.15) is 17.3 Å². The van der Waals surface area contributed by atoms with Gasteiger partial charge in [0.15, 0.2) is 0 Å². The number of carbonyl (C=O) groups is 2. The standard InChI is InChI=1S/C17H12ClN5O3S/c1-22-7-10(6-20-22)13-12(14(24)9-2-4-11(18)5-3-9)15(25)16(26)23(13)17-21-19-8-27-17/h2-8,13,24H,1H3/b14-12+. The van der Waals surface area contributed by atoms with Gasteiger partial charge in [0, 0.05) is 29.4 Å². The van der Waals surface area contributed by atoms with E-state index in [1.807, 2.05) is 0 Å². The van der Waals surface area contributed by atoms with Crippen molar-refractivity contribution in [2.45, 2.75) is 6.04 Å². The van der Waals surface area contributed by atoms with E-state index in [0.29, 0.717) is 16.1 Å². The molecule has 1 amide bonds. The smallest absolute Gasteiger partial charge is 0.301 e. The normalized spacial score (nSPS) is 19.0. The minimum absolute atomic E-state index is 0.0366. The maximum absolute atomic E-state index is 12.8. The molecule has 1 N–H and O–H groups in total. The molecule has 1 aliphatic rings. The summed E-state index contributed by atoms with van der Waals surface area (Å²) >= 11 is 7.02. The van der Waals surface area contributed by atoms with Crippen LogP contribution in [0.2, 0.25) is 5.02 Å². The molecule has 3 aromatic rings. The van der Waals surface area contributed by atoms with Crippen LogP contribution >= 0.6 is 22.9 Å². The van der Waals surface area contributed by atoms with Crippen LogP contribution in [0.15, 0.2) is 47.7 Å². The van der Waals surface area contributed by atoms with Crippen molar-refractivity contribution in [2.24, 2.45) is 7.05 Å². The Morgan fingerprint density at radius 3 is 2.59 bits per heavy atom. The van der Waals surface area contributed by atoms with Crippen molar-refractivity contribution in [2.75, 3.05) is 4.90 Å². The monoisotopic (exact) mass is 401 g/mol. The molecule has 0 saturated carbocycles. The van der Waals surface area contributed by atoms with Gasteiger partial charge in [-0.2, -0.15) is 5.10 Å². The van der Waals surface area contributed by atoms with Crippen LogP contribution < -0.4 is 4.90 Å². The molecule has 1 atom stereocenters. The van der Waals surface area contributed by atoms with Gasteiger partial charge in [-0.1, -0.05) is 22.9 Å². The Balaban J connectivity index is 1.93. The number of aliphatic hydroxyl groups excluding tert-OH is 1. The largest absolute Gasteiger partial charge is 0.507 e. The summed E-state index contributed by atoms with van der Waals surface area (Å²) in [7, 11) is 1.72. The zero-order valence-electron chi connectivity index (χ0n) is 13.9. The zero-order valence-corrected chi connectivity index (χ0v) is 15.5. The van der Waals surface area contributed by atoms with Gasteiger partial charge in [0.05, 0.1) is 11.8 Å². The van der Waals surface area contributed by atoms with Crippen LogP contribution in [0.4, 0.5) is 5.13 Å². The molecule has 27 heavy (non-hydrogen) atoms. The highest BCUT2D eigenvalue weighted by molar-refractivity contribution is 7.13. The zero-order chi connectivity index (χ0) is 19.1. The number of nitrogens with zero attached hydrogens (tertiary/aromatic N) is 5. The van der Waals surface area contributed by atoms with E-state index >= 15 is 0 Å². The van der Waals surface area contributed by atoms with Crippen molar-refractivity contribution in [1.29, 1.82) is 0 Å². The van der Waals surface area contributed by atoms with Crippen molar-refractivity contribution < 1.29 is 14.7 Å². The quantitative estimate of drug-likeness (QED) is 0.411. The minimum Gasteiger partial charge on any atom is -0.507 e. The summed E-state index contributed by atoms with van der Waals surface area (Å²) in [5, 5.41) is 23.4. The number of aliphatic hydroxyl groups is 1. The van der Waals surface area contributed by atoms with Crippen LogP contribution in [0.25, 0.3) is 5.76 Å². The predicted octanol–water partition coefficient (Wildman–Crippen LogP) is 2.55. The summed E-state index contributed by atoms with van der Waals surface area (Å²) in [4.78, 5) is 26.7. The number of amides is 1. The average Bonchev–Trinajstić information content (AvgIpc) is 3.37. The van der Waals surface area contributed by atoms with E-state index in [2.05, 4.69) is 15.3 Å². The molecule has 1 saturated heterocycles. The third-order valence-corrected chi connectivity index (χ3v) is 5.10. The summed E-state index contributed by atoms with van der Waals surface area (Å²) < 4.78 is 1.55. The Morgan fingerprint density at radius 1 is 1.26 bits per heavy atom. The lowest BCUT2D eigenvalue weighted by molar-refractivity contribution is -0.132. The number of aryl methyl sites for hydroxylation is 1. The number of halogens is 1. The molecule has 1 fully saturated rings. The molecule has 4 rings (SSSR count). The predicted molar refractivity (Wildman–Crippen MR) is 99.4 cm³/mol. The first-order chi connectivity index (χ1) is 13.0. The van der Waals surface area contributed by atoms with E-state index in [-0.39, 0.29) is 16.5 Å². The van der Waals surface area contributed by atoms with Crippen LogP contribution in [-0.2, 0) is 16.6 Å². The number of rotatable bonds is 3. The molecule has 8 nitrogen and oxygen atoms in total. The van der Waals surface area contributed by atoms with Gasteiger partial charge < -0.3 is 5.11 Å². The Kier molecular flexibility index (Phi) is 4.25. The van der Waals surface area contributed by atoms with Gasteiger partial charge in [-0.05, 0) is 24.3 Å². The van der Waals surface area contributed by atoms with E-state index < -0.39 is 17.7 Å². The van der Waals surface area contributed by atoms with Gasteiger partial charge in [-0.15, -0.1) is 10.2 Å². The second kappa shape index (κ2) is 6.60. The van der Waals surface area contributed by atoms with E-state index in [9.17, 15) is 14.7 Å². The van der Waals surface area contributed by atoms with Gasteiger partial charge in [0.2, 0.25) is 5.13 Å². The van der Waals surface area contributed by atoms with Gasteiger partial charge >= 0.3 is 5.91 Å². The molecule has 136 valence electrons. The number of hydrogen-bond donors (Lipinski definition) is 1. The molecule has 1 aromatic carbocycles. The molecule has 1 unspecified atom stereocenters. The number of Topliss-reactive ketones (excluding diaryl/α,β-unsaturated/α-hetero) is 1. The first-order valence-electron chi connectivity index (χ1n) is 7.79. The fourth-order valence-electron chi connectivity index (χ4n) is 2.96. The summed E-state index contributed by atoms with van der Waals surface area (Å²) in [5.41, 5.74) is 2.38. The van der Waals surface area contributed by atoms with Crippen molar-refractivity contribution in [3.05, 3.63) is 63.9 Å². The van der Waals surface area contributed by atoms with Gasteiger partial charge in [-0.3, -0.25) is 19.2 Å². The average molecular weight is 402 g/mol. The van der Waals surface area contributed by atoms with Crippen LogP contribution in [0.5, 0.6) is 0 Å². The minimum atomic E-state index is -0.859. The fraction of sp³-hybridized carbons (Fsp3) is 0.118.